The first-order valence-electron chi connectivity index (χ1n) is 6.41. The Morgan fingerprint density at radius 2 is 2.19 bits per heavy atom. The smallest absolute Gasteiger partial charge is 0.321 e. The van der Waals surface area contributed by atoms with Crippen LogP contribution in [0.4, 0.5) is 14.9 Å². The number of carboxylic acid groups (broad SMARTS) is 1. The first kappa shape index (κ1) is 14.8. The van der Waals surface area contributed by atoms with E-state index in [2.05, 4.69) is 5.32 Å². The quantitative estimate of drug-likeness (QED) is 0.870. The van der Waals surface area contributed by atoms with Gasteiger partial charge >= 0.3 is 12.0 Å². The highest BCUT2D eigenvalue weighted by Crippen LogP contribution is 2.25. The zero-order chi connectivity index (χ0) is 15.6. The second kappa shape index (κ2) is 5.79. The first-order chi connectivity index (χ1) is 9.93. The summed E-state index contributed by atoms with van der Waals surface area (Å²) in [6, 6.07) is 5.10. The molecule has 1 aromatic rings. The van der Waals surface area contributed by atoms with Gasteiger partial charge in [0.1, 0.15) is 17.4 Å². The highest BCUT2D eigenvalue weighted by atomic mass is 19.1. The van der Waals surface area contributed by atoms with Crippen molar-refractivity contribution in [1.82, 2.24) is 4.90 Å². The molecule has 0 radical (unpaired) electrons. The minimum Gasteiger partial charge on any atom is -0.481 e. The molecule has 0 aromatic heterocycles. The average molecular weight is 291 g/mol. The van der Waals surface area contributed by atoms with E-state index in [-0.39, 0.29) is 23.7 Å². The molecule has 0 spiro atoms. The van der Waals surface area contributed by atoms with Gasteiger partial charge in [-0.15, -0.1) is 0 Å². The highest BCUT2D eigenvalue weighted by Gasteiger charge is 2.37. The molecule has 21 heavy (non-hydrogen) atoms. The number of hydrogen-bond donors (Lipinski definition) is 2. The Kier molecular flexibility index (Phi) is 4.08. The van der Waals surface area contributed by atoms with E-state index in [1.807, 2.05) is 0 Å². The van der Waals surface area contributed by atoms with Crippen LogP contribution in [0.5, 0.6) is 0 Å². The topological polar surface area (TPSA) is 93.4 Å². The number of carbonyl (C=O) groups is 2. The van der Waals surface area contributed by atoms with Crippen molar-refractivity contribution in [1.29, 1.82) is 5.26 Å². The van der Waals surface area contributed by atoms with Crippen molar-refractivity contribution >= 4 is 17.7 Å². The predicted molar refractivity (Wildman–Crippen MR) is 72.0 cm³/mol. The van der Waals surface area contributed by atoms with E-state index in [9.17, 15) is 14.0 Å². The molecule has 2 unspecified atom stereocenters. The normalized spacial score (nSPS) is 20.9. The largest absolute Gasteiger partial charge is 0.481 e. The number of nitriles is 1. The molecule has 2 rings (SSSR count). The molecule has 0 bridgehead atoms. The number of aliphatic carboxylic acids is 1. The molecule has 110 valence electrons. The Bertz CT molecular complexity index is 626. The lowest BCUT2D eigenvalue weighted by atomic mass is 9.99. The lowest BCUT2D eigenvalue weighted by molar-refractivity contribution is -0.142. The number of carboxylic acids is 1. The van der Waals surface area contributed by atoms with Gasteiger partial charge in [0.15, 0.2) is 0 Å². The molecule has 2 N–H and O–H groups in total. The maximum absolute atomic E-state index is 13.4. The van der Waals surface area contributed by atoms with Gasteiger partial charge in [0.2, 0.25) is 0 Å². The van der Waals surface area contributed by atoms with Crippen LogP contribution in [-0.2, 0) is 4.79 Å². The second-order valence-corrected chi connectivity index (χ2v) is 5.03. The van der Waals surface area contributed by atoms with Crippen LogP contribution in [-0.4, -0.2) is 35.1 Å². The van der Waals surface area contributed by atoms with Crippen LogP contribution in [0.2, 0.25) is 0 Å². The third-order valence-corrected chi connectivity index (χ3v) is 3.58. The third kappa shape index (κ3) is 2.94. The van der Waals surface area contributed by atoms with E-state index in [4.69, 9.17) is 10.4 Å². The molecule has 1 saturated heterocycles. The summed E-state index contributed by atoms with van der Waals surface area (Å²) < 4.78 is 13.4. The fourth-order valence-corrected chi connectivity index (χ4v) is 2.39. The summed E-state index contributed by atoms with van der Waals surface area (Å²) >= 11 is 0. The van der Waals surface area contributed by atoms with Crippen LogP contribution >= 0.6 is 0 Å². The highest BCUT2D eigenvalue weighted by molar-refractivity contribution is 5.91. The van der Waals surface area contributed by atoms with Gasteiger partial charge in [-0.2, -0.15) is 5.26 Å². The van der Waals surface area contributed by atoms with Crippen LogP contribution in [0, 0.1) is 29.0 Å². The molecule has 7 heteroatoms. The Balaban J connectivity index is 2.12. The minimum absolute atomic E-state index is 0.0777. The molecule has 1 aromatic carbocycles. The minimum atomic E-state index is -0.943. The van der Waals surface area contributed by atoms with Gasteiger partial charge in [-0.05, 0) is 18.1 Å². The molecule has 1 aliphatic rings. The van der Waals surface area contributed by atoms with Gasteiger partial charge < -0.3 is 15.3 Å². The molecule has 2 atom stereocenters. The maximum Gasteiger partial charge on any atom is 0.321 e. The van der Waals surface area contributed by atoms with E-state index < -0.39 is 23.7 Å². The molecule has 0 aliphatic carbocycles. The van der Waals surface area contributed by atoms with Crippen LogP contribution in [0.15, 0.2) is 18.2 Å². The number of urea groups is 1. The fraction of sp³-hybridized carbons (Fsp3) is 0.357. The standard InChI is InChI=1S/C14H14FN3O3/c1-8-6-18(7-10(8)13(19)20)14(21)17-12-4-2-3-11(15)9(12)5-16/h2-4,8,10H,6-7H2,1H3,(H,17,21)(H,19,20). The number of amides is 2. The van der Waals surface area contributed by atoms with Gasteiger partial charge in [0.25, 0.3) is 0 Å². The van der Waals surface area contributed by atoms with Gasteiger partial charge in [0.05, 0.1) is 11.6 Å². The predicted octanol–water partition coefficient (Wildman–Crippen LogP) is 1.88. The number of halogens is 1. The van der Waals surface area contributed by atoms with Crippen LogP contribution in [0.1, 0.15) is 12.5 Å². The van der Waals surface area contributed by atoms with E-state index in [0.717, 1.165) is 6.07 Å². The molecular weight excluding hydrogens is 277 g/mol. The summed E-state index contributed by atoms with van der Waals surface area (Å²) in [5.74, 6) is -2.43. The number of rotatable bonds is 2. The lowest BCUT2D eigenvalue weighted by Gasteiger charge is -2.17. The van der Waals surface area contributed by atoms with E-state index in [0.29, 0.717) is 6.54 Å². The zero-order valence-corrected chi connectivity index (χ0v) is 11.3. The van der Waals surface area contributed by atoms with Gasteiger partial charge in [0, 0.05) is 13.1 Å². The van der Waals surface area contributed by atoms with Gasteiger partial charge in [-0.1, -0.05) is 13.0 Å². The lowest BCUT2D eigenvalue weighted by Crippen LogP contribution is -2.34. The van der Waals surface area contributed by atoms with E-state index in [1.54, 1.807) is 13.0 Å². The van der Waals surface area contributed by atoms with Crippen molar-refractivity contribution in [2.75, 3.05) is 18.4 Å². The Hall–Kier alpha value is -2.62. The third-order valence-electron chi connectivity index (χ3n) is 3.58. The summed E-state index contributed by atoms with van der Waals surface area (Å²) in [4.78, 5) is 24.5. The molecule has 2 amide bonds. The summed E-state index contributed by atoms with van der Waals surface area (Å²) in [7, 11) is 0. The van der Waals surface area contributed by atoms with Crippen LogP contribution in [0.3, 0.4) is 0 Å². The summed E-state index contributed by atoms with van der Waals surface area (Å²) in [6.07, 6.45) is 0. The van der Waals surface area contributed by atoms with Gasteiger partial charge in [-0.25, -0.2) is 9.18 Å². The number of nitrogens with zero attached hydrogens (tertiary/aromatic N) is 2. The molecule has 6 nitrogen and oxygen atoms in total. The number of nitrogens with one attached hydrogen (secondary N) is 1. The Morgan fingerprint density at radius 1 is 1.48 bits per heavy atom. The number of carbonyl (C=O) groups excluding carboxylic acids is 1. The Labute approximate surface area is 120 Å². The van der Waals surface area contributed by atoms with Crippen LogP contribution < -0.4 is 5.32 Å². The van der Waals surface area contributed by atoms with Crippen molar-refractivity contribution in [3.63, 3.8) is 0 Å². The number of hydrogen-bond acceptors (Lipinski definition) is 3. The van der Waals surface area contributed by atoms with Crippen molar-refractivity contribution in [2.24, 2.45) is 11.8 Å². The van der Waals surface area contributed by atoms with Crippen molar-refractivity contribution in [3.8, 4) is 6.07 Å². The summed E-state index contributed by atoms with van der Waals surface area (Å²) in [5, 5.41) is 20.4. The fourth-order valence-electron chi connectivity index (χ4n) is 2.39. The first-order valence-corrected chi connectivity index (χ1v) is 6.41. The molecule has 1 aliphatic heterocycles. The average Bonchev–Trinajstić information content (AvgIpc) is 2.81. The number of likely N-dealkylation sites (tertiary alicyclic amines) is 1. The van der Waals surface area contributed by atoms with E-state index in [1.165, 1.54) is 17.0 Å². The van der Waals surface area contributed by atoms with Crippen LogP contribution in [0.25, 0.3) is 0 Å². The SMILES string of the molecule is CC1CN(C(=O)Nc2cccc(F)c2C#N)CC1C(=O)O. The number of benzene rings is 1. The summed E-state index contributed by atoms with van der Waals surface area (Å²) in [6.45, 7) is 2.16. The van der Waals surface area contributed by atoms with Crippen molar-refractivity contribution in [3.05, 3.63) is 29.6 Å². The van der Waals surface area contributed by atoms with Crippen molar-refractivity contribution in [2.45, 2.75) is 6.92 Å². The van der Waals surface area contributed by atoms with Crippen molar-refractivity contribution < 1.29 is 19.1 Å². The monoisotopic (exact) mass is 291 g/mol. The maximum atomic E-state index is 13.4. The van der Waals surface area contributed by atoms with E-state index >= 15 is 0 Å². The Morgan fingerprint density at radius 3 is 2.76 bits per heavy atom. The molecule has 1 fully saturated rings. The summed E-state index contributed by atoms with van der Waals surface area (Å²) in [5.41, 5.74) is -0.165. The number of anilines is 1. The van der Waals surface area contributed by atoms with Gasteiger partial charge in [-0.3, -0.25) is 4.79 Å². The molecule has 0 saturated carbocycles. The second-order valence-electron chi connectivity index (χ2n) is 5.03. The zero-order valence-electron chi connectivity index (χ0n) is 11.3. The molecular formula is C14H14FN3O3. The molecule has 1 heterocycles.